The summed E-state index contributed by atoms with van der Waals surface area (Å²) >= 11 is 0. The Bertz CT molecular complexity index is 1190. The van der Waals surface area contributed by atoms with Crippen molar-refractivity contribution >= 4 is 0 Å². The Labute approximate surface area is 227 Å². The average molecular weight is 506 g/mol. The minimum atomic E-state index is 0.602. The van der Waals surface area contributed by atoms with Crippen molar-refractivity contribution < 1.29 is 0 Å². The molecule has 2 aromatic heterocycles. The molecule has 4 aromatic rings. The van der Waals surface area contributed by atoms with E-state index in [1.54, 1.807) is 0 Å². The summed E-state index contributed by atoms with van der Waals surface area (Å²) in [5.74, 6) is 0. The predicted octanol–water partition coefficient (Wildman–Crippen LogP) is 5.48. The van der Waals surface area contributed by atoms with E-state index in [2.05, 4.69) is 97.9 Å². The first kappa shape index (κ1) is 26.2. The van der Waals surface area contributed by atoms with Crippen LogP contribution in [-0.4, -0.2) is 45.4 Å². The molecule has 3 heterocycles. The third-order valence-corrected chi connectivity index (χ3v) is 7.47. The van der Waals surface area contributed by atoms with Gasteiger partial charge < -0.3 is 5.32 Å². The molecule has 5 nitrogen and oxygen atoms in total. The van der Waals surface area contributed by atoms with E-state index in [-0.39, 0.29) is 0 Å². The molecule has 0 bridgehead atoms. The lowest BCUT2D eigenvalue weighted by atomic mass is 10.0. The summed E-state index contributed by atoms with van der Waals surface area (Å²) in [7, 11) is 0. The first-order valence-electron chi connectivity index (χ1n) is 13.9. The molecule has 0 radical (unpaired) electrons. The zero-order valence-electron chi connectivity index (χ0n) is 22.3. The molecular formula is C33H39N5. The maximum absolute atomic E-state index is 4.58. The molecular weight excluding hydrogens is 466 g/mol. The van der Waals surface area contributed by atoms with Crippen LogP contribution in [0, 0.1) is 0 Å². The van der Waals surface area contributed by atoms with E-state index in [1.807, 2.05) is 30.6 Å². The van der Waals surface area contributed by atoms with Crippen molar-refractivity contribution in [3.8, 4) is 0 Å². The molecule has 1 aliphatic rings. The highest BCUT2D eigenvalue weighted by molar-refractivity contribution is 5.23. The van der Waals surface area contributed by atoms with Crippen LogP contribution >= 0.6 is 0 Å². The van der Waals surface area contributed by atoms with Gasteiger partial charge in [-0.25, -0.2) is 0 Å². The van der Waals surface area contributed by atoms with Crippen LogP contribution in [0.2, 0.25) is 0 Å². The van der Waals surface area contributed by atoms with Gasteiger partial charge in [-0.15, -0.1) is 0 Å². The van der Waals surface area contributed by atoms with E-state index in [0.717, 1.165) is 57.9 Å². The van der Waals surface area contributed by atoms with Crippen molar-refractivity contribution in [3.05, 3.63) is 131 Å². The highest BCUT2D eigenvalue weighted by Crippen LogP contribution is 2.21. The van der Waals surface area contributed by atoms with Crippen LogP contribution < -0.4 is 5.32 Å². The van der Waals surface area contributed by atoms with Gasteiger partial charge in [0.25, 0.3) is 0 Å². The van der Waals surface area contributed by atoms with E-state index in [9.17, 15) is 0 Å². The van der Waals surface area contributed by atoms with Crippen LogP contribution in [0.3, 0.4) is 0 Å². The zero-order chi connectivity index (χ0) is 25.8. The topological polar surface area (TPSA) is 44.3 Å². The van der Waals surface area contributed by atoms with E-state index < -0.39 is 0 Å². The van der Waals surface area contributed by atoms with E-state index in [0.29, 0.717) is 6.04 Å². The molecule has 196 valence electrons. The Morgan fingerprint density at radius 1 is 0.684 bits per heavy atom. The van der Waals surface area contributed by atoms with E-state index >= 15 is 0 Å². The van der Waals surface area contributed by atoms with Crippen LogP contribution in [0.15, 0.2) is 103 Å². The van der Waals surface area contributed by atoms with E-state index in [1.165, 1.54) is 35.2 Å². The molecule has 1 fully saturated rings. The largest absolute Gasteiger partial charge is 0.307 e. The van der Waals surface area contributed by atoms with Crippen LogP contribution in [0.4, 0.5) is 0 Å². The van der Waals surface area contributed by atoms with Crippen molar-refractivity contribution in [1.82, 2.24) is 25.1 Å². The number of nitrogens with one attached hydrogen (secondary N) is 1. The minimum absolute atomic E-state index is 0.602. The molecule has 1 N–H and O–H groups in total. The second-order valence-electron chi connectivity index (χ2n) is 10.3. The van der Waals surface area contributed by atoms with Gasteiger partial charge in [0.15, 0.2) is 0 Å². The smallest absolute Gasteiger partial charge is 0.0541 e. The molecule has 5 heteroatoms. The van der Waals surface area contributed by atoms with Crippen molar-refractivity contribution in [2.75, 3.05) is 19.6 Å². The Morgan fingerprint density at radius 3 is 2.03 bits per heavy atom. The normalized spacial score (nSPS) is 14.7. The second-order valence-corrected chi connectivity index (χ2v) is 10.3. The third-order valence-electron chi connectivity index (χ3n) is 7.47. The lowest BCUT2D eigenvalue weighted by Gasteiger charge is -2.38. The SMILES string of the molecule is c1ccc(CN2CCC(N(CCc3ccccn3)Cc3ccc(CNCc4ccccn4)cc3)CC2)cc1. The molecule has 0 amide bonds. The number of hydrogen-bond donors (Lipinski definition) is 1. The summed E-state index contributed by atoms with van der Waals surface area (Å²) in [6.07, 6.45) is 7.16. The number of pyridine rings is 2. The number of benzene rings is 2. The third kappa shape index (κ3) is 8.06. The average Bonchev–Trinajstić information content (AvgIpc) is 2.98. The van der Waals surface area contributed by atoms with Gasteiger partial charge in [0.05, 0.1) is 5.69 Å². The molecule has 0 aliphatic carbocycles. The number of aromatic nitrogens is 2. The second kappa shape index (κ2) is 14.0. The quantitative estimate of drug-likeness (QED) is 0.276. The van der Waals surface area contributed by atoms with Crippen LogP contribution in [0.1, 0.15) is 40.9 Å². The zero-order valence-corrected chi connectivity index (χ0v) is 22.3. The lowest BCUT2D eigenvalue weighted by Crippen LogP contribution is -2.45. The predicted molar refractivity (Wildman–Crippen MR) is 154 cm³/mol. The standard InChI is InChI=1S/C33H39N5/c1-2-8-29(9-3-1)26-37-21-17-33(18-22-37)38(23-16-31-10-4-6-19-35-31)27-30-14-12-28(13-15-30)24-34-25-32-11-5-7-20-36-32/h1-15,19-20,33-34H,16-18,21-27H2. The lowest BCUT2D eigenvalue weighted by molar-refractivity contribution is 0.0995. The van der Waals surface area contributed by atoms with Crippen molar-refractivity contribution in [2.45, 2.75) is 51.5 Å². The summed E-state index contributed by atoms with van der Waals surface area (Å²) < 4.78 is 0. The van der Waals surface area contributed by atoms with E-state index in [4.69, 9.17) is 0 Å². The molecule has 0 atom stereocenters. The van der Waals surface area contributed by atoms with Gasteiger partial charge in [-0.05, 0) is 66.9 Å². The molecule has 5 rings (SSSR count). The summed E-state index contributed by atoms with van der Waals surface area (Å²) in [5.41, 5.74) is 6.34. The van der Waals surface area contributed by atoms with Crippen molar-refractivity contribution in [3.63, 3.8) is 0 Å². The van der Waals surface area contributed by atoms with Gasteiger partial charge in [0.1, 0.15) is 0 Å². The molecule has 0 unspecified atom stereocenters. The van der Waals surface area contributed by atoms with Crippen LogP contribution in [0.5, 0.6) is 0 Å². The van der Waals surface area contributed by atoms with Crippen molar-refractivity contribution in [2.24, 2.45) is 0 Å². The highest BCUT2D eigenvalue weighted by atomic mass is 15.2. The molecule has 38 heavy (non-hydrogen) atoms. The number of piperidine rings is 1. The molecule has 0 saturated carbocycles. The summed E-state index contributed by atoms with van der Waals surface area (Å²) in [6, 6.07) is 32.9. The van der Waals surface area contributed by atoms with Gasteiger partial charge in [-0.3, -0.25) is 19.8 Å². The molecule has 1 saturated heterocycles. The highest BCUT2D eigenvalue weighted by Gasteiger charge is 2.25. The summed E-state index contributed by atoms with van der Waals surface area (Å²) in [6.45, 7) is 7.01. The maximum Gasteiger partial charge on any atom is 0.0541 e. The van der Waals surface area contributed by atoms with Gasteiger partial charge in [-0.2, -0.15) is 0 Å². The van der Waals surface area contributed by atoms with Gasteiger partial charge in [-0.1, -0.05) is 66.7 Å². The number of nitrogens with zero attached hydrogens (tertiary/aromatic N) is 4. The summed E-state index contributed by atoms with van der Waals surface area (Å²) in [4.78, 5) is 14.3. The van der Waals surface area contributed by atoms with Gasteiger partial charge in [0, 0.05) is 63.3 Å². The van der Waals surface area contributed by atoms with Crippen LogP contribution in [0.25, 0.3) is 0 Å². The fourth-order valence-electron chi connectivity index (χ4n) is 5.31. The van der Waals surface area contributed by atoms with Gasteiger partial charge in [0.2, 0.25) is 0 Å². The fourth-order valence-corrected chi connectivity index (χ4v) is 5.31. The molecule has 2 aromatic carbocycles. The maximum atomic E-state index is 4.58. The number of hydrogen-bond acceptors (Lipinski definition) is 5. The first-order chi connectivity index (χ1) is 18.8. The fraction of sp³-hybridized carbons (Fsp3) is 0.333. The first-order valence-corrected chi connectivity index (χ1v) is 13.9. The van der Waals surface area contributed by atoms with Crippen LogP contribution in [-0.2, 0) is 32.6 Å². The molecule has 1 aliphatic heterocycles. The number of rotatable bonds is 12. The Kier molecular flexibility index (Phi) is 9.64. The Hall–Kier alpha value is -3.38. The number of likely N-dealkylation sites (tertiary alicyclic amines) is 1. The van der Waals surface area contributed by atoms with Crippen molar-refractivity contribution in [1.29, 1.82) is 0 Å². The Morgan fingerprint density at radius 2 is 1.34 bits per heavy atom. The monoisotopic (exact) mass is 505 g/mol. The summed E-state index contributed by atoms with van der Waals surface area (Å²) in [5, 5.41) is 3.51. The Balaban J connectivity index is 1.16. The van der Waals surface area contributed by atoms with Gasteiger partial charge >= 0.3 is 0 Å². The minimum Gasteiger partial charge on any atom is -0.307 e. The molecule has 0 spiro atoms.